The maximum Gasteiger partial charge on any atom is 0.264 e. The maximum absolute atomic E-state index is 13.3. The highest BCUT2D eigenvalue weighted by Crippen LogP contribution is 2.30. The van der Waals surface area contributed by atoms with Crippen LogP contribution in [0.15, 0.2) is 77.7 Å². The lowest BCUT2D eigenvalue weighted by atomic mass is 10.2. The van der Waals surface area contributed by atoms with Crippen molar-refractivity contribution in [3.05, 3.63) is 87.0 Å². The highest BCUT2D eigenvalue weighted by Gasteiger charge is 2.28. The van der Waals surface area contributed by atoms with E-state index in [1.807, 2.05) is 12.1 Å². The second-order valence-corrected chi connectivity index (χ2v) is 9.78. The van der Waals surface area contributed by atoms with Crippen molar-refractivity contribution in [2.24, 2.45) is 0 Å². The first-order valence-electron chi connectivity index (χ1n) is 8.67. The molecule has 150 valence electrons. The topological polar surface area (TPSA) is 66.5 Å². The normalized spacial score (nSPS) is 11.1. The molecule has 5 nitrogen and oxygen atoms in total. The molecule has 1 amide bonds. The van der Waals surface area contributed by atoms with Crippen LogP contribution in [-0.2, 0) is 14.8 Å². The van der Waals surface area contributed by atoms with E-state index in [0.29, 0.717) is 22.0 Å². The minimum absolute atomic E-state index is 0.0986. The molecule has 3 aromatic carbocycles. The van der Waals surface area contributed by atoms with E-state index in [0.717, 1.165) is 7.88 Å². The third kappa shape index (κ3) is 5.09. The van der Waals surface area contributed by atoms with E-state index in [-0.39, 0.29) is 11.4 Å². The van der Waals surface area contributed by atoms with Crippen molar-refractivity contribution in [3.63, 3.8) is 0 Å². The molecule has 0 aliphatic rings. The molecule has 0 atom stereocenters. The molecule has 0 aliphatic carbocycles. The Balaban J connectivity index is 1.98. The molecule has 29 heavy (non-hydrogen) atoms. The van der Waals surface area contributed by atoms with Gasteiger partial charge in [0.05, 0.1) is 10.6 Å². The van der Waals surface area contributed by atoms with Gasteiger partial charge in [0.15, 0.2) is 0 Å². The molecule has 1 N–H and O–H groups in total. The third-order valence-electron chi connectivity index (χ3n) is 4.25. The zero-order valence-electron chi connectivity index (χ0n) is 15.5. The van der Waals surface area contributed by atoms with Gasteiger partial charge in [0, 0.05) is 14.3 Å². The van der Waals surface area contributed by atoms with Crippen LogP contribution in [0.3, 0.4) is 0 Å². The van der Waals surface area contributed by atoms with Crippen LogP contribution in [-0.4, -0.2) is 20.9 Å². The van der Waals surface area contributed by atoms with Crippen LogP contribution in [0.1, 0.15) is 5.56 Å². The van der Waals surface area contributed by atoms with Gasteiger partial charge in [-0.05, 0) is 83.6 Å². The summed E-state index contributed by atoms with van der Waals surface area (Å²) in [5.41, 5.74) is 1.53. The summed E-state index contributed by atoms with van der Waals surface area (Å²) in [6.07, 6.45) is 0. The number of hydrogen-bond acceptors (Lipinski definition) is 3. The largest absolute Gasteiger partial charge is 0.325 e. The Morgan fingerprint density at radius 3 is 2.31 bits per heavy atom. The van der Waals surface area contributed by atoms with E-state index in [1.54, 1.807) is 55.5 Å². The zero-order chi connectivity index (χ0) is 21.0. The quantitative estimate of drug-likeness (QED) is 0.443. The van der Waals surface area contributed by atoms with Gasteiger partial charge in [-0.2, -0.15) is 0 Å². The lowest BCUT2D eigenvalue weighted by Gasteiger charge is -2.26. The Bertz CT molecular complexity index is 1120. The zero-order valence-corrected chi connectivity index (χ0v) is 19.2. The monoisotopic (exact) mass is 540 g/mol. The van der Waals surface area contributed by atoms with E-state index in [1.165, 1.54) is 12.1 Å². The van der Waals surface area contributed by atoms with Crippen LogP contribution in [0, 0.1) is 10.5 Å². The van der Waals surface area contributed by atoms with Gasteiger partial charge in [-0.3, -0.25) is 9.10 Å². The summed E-state index contributed by atoms with van der Waals surface area (Å²) in [6.45, 7) is 1.34. The standard InChI is InChI=1S/C21H18ClIN2O3S/c1-15-19(22)8-5-9-20(15)25(29(27,28)18-6-3-2-4-7-18)14-21(26)24-17-12-10-16(23)11-13-17/h2-13H,14H2,1H3,(H,24,26). The maximum atomic E-state index is 13.3. The predicted octanol–water partition coefficient (Wildman–Crippen LogP) is 5.09. The Morgan fingerprint density at radius 2 is 1.66 bits per heavy atom. The molecule has 0 aliphatic heterocycles. The van der Waals surface area contributed by atoms with Gasteiger partial charge in [0.25, 0.3) is 10.0 Å². The molecule has 0 heterocycles. The van der Waals surface area contributed by atoms with Crippen LogP contribution in [0.2, 0.25) is 5.02 Å². The molecule has 0 unspecified atom stereocenters. The Hall–Kier alpha value is -2.10. The number of benzene rings is 3. The number of nitrogens with one attached hydrogen (secondary N) is 1. The minimum Gasteiger partial charge on any atom is -0.325 e. The molecule has 0 aromatic heterocycles. The summed E-state index contributed by atoms with van der Waals surface area (Å²) in [5, 5.41) is 3.17. The van der Waals surface area contributed by atoms with Crippen molar-refractivity contribution in [2.45, 2.75) is 11.8 Å². The first-order chi connectivity index (χ1) is 13.8. The van der Waals surface area contributed by atoms with Crippen molar-refractivity contribution in [1.82, 2.24) is 0 Å². The Kier molecular flexibility index (Phi) is 6.81. The average molecular weight is 541 g/mol. The fraction of sp³-hybridized carbons (Fsp3) is 0.0952. The van der Waals surface area contributed by atoms with Crippen LogP contribution in [0.25, 0.3) is 0 Å². The van der Waals surface area contributed by atoms with Crippen LogP contribution in [0.4, 0.5) is 11.4 Å². The summed E-state index contributed by atoms with van der Waals surface area (Å²) in [7, 11) is -3.97. The van der Waals surface area contributed by atoms with E-state index in [4.69, 9.17) is 11.6 Å². The Labute approximate surface area is 188 Å². The number of carbonyl (C=O) groups excluding carboxylic acids is 1. The first kappa shape index (κ1) is 21.6. The minimum atomic E-state index is -3.97. The second-order valence-electron chi connectivity index (χ2n) is 6.26. The summed E-state index contributed by atoms with van der Waals surface area (Å²) < 4.78 is 28.8. The molecule has 0 saturated carbocycles. The predicted molar refractivity (Wildman–Crippen MR) is 125 cm³/mol. The SMILES string of the molecule is Cc1c(Cl)cccc1N(CC(=O)Nc1ccc(I)cc1)S(=O)(=O)c1ccccc1. The van der Waals surface area contributed by atoms with E-state index < -0.39 is 15.9 Å². The summed E-state index contributed by atoms with van der Waals surface area (Å²) >= 11 is 8.38. The molecular weight excluding hydrogens is 523 g/mol. The lowest BCUT2D eigenvalue weighted by Crippen LogP contribution is -2.38. The van der Waals surface area contributed by atoms with Crippen molar-refractivity contribution < 1.29 is 13.2 Å². The van der Waals surface area contributed by atoms with Crippen molar-refractivity contribution >= 4 is 61.5 Å². The molecule has 0 radical (unpaired) electrons. The molecule has 0 fully saturated rings. The average Bonchev–Trinajstić information content (AvgIpc) is 2.71. The van der Waals surface area contributed by atoms with Gasteiger partial charge >= 0.3 is 0 Å². The fourth-order valence-corrected chi connectivity index (χ4v) is 4.78. The summed E-state index contributed by atoms with van der Waals surface area (Å²) in [6, 6.07) is 20.2. The highest BCUT2D eigenvalue weighted by atomic mass is 127. The molecule has 0 saturated heterocycles. The summed E-state index contributed by atoms with van der Waals surface area (Å²) in [4.78, 5) is 12.8. The van der Waals surface area contributed by atoms with Gasteiger partial charge in [-0.15, -0.1) is 0 Å². The summed E-state index contributed by atoms with van der Waals surface area (Å²) in [5.74, 6) is -0.454. The van der Waals surface area contributed by atoms with Gasteiger partial charge < -0.3 is 5.32 Å². The van der Waals surface area contributed by atoms with Crippen LogP contribution < -0.4 is 9.62 Å². The lowest BCUT2D eigenvalue weighted by molar-refractivity contribution is -0.114. The fourth-order valence-electron chi connectivity index (χ4n) is 2.75. The smallest absolute Gasteiger partial charge is 0.264 e. The van der Waals surface area contributed by atoms with Gasteiger partial charge in [0.1, 0.15) is 6.54 Å². The number of nitrogens with zero attached hydrogens (tertiary/aromatic N) is 1. The number of amides is 1. The third-order valence-corrected chi connectivity index (χ3v) is 7.16. The van der Waals surface area contributed by atoms with E-state index in [2.05, 4.69) is 27.9 Å². The van der Waals surface area contributed by atoms with E-state index >= 15 is 0 Å². The first-order valence-corrected chi connectivity index (χ1v) is 11.6. The number of halogens is 2. The number of hydrogen-bond donors (Lipinski definition) is 1. The van der Waals surface area contributed by atoms with Gasteiger partial charge in [-0.25, -0.2) is 8.42 Å². The number of anilines is 2. The van der Waals surface area contributed by atoms with E-state index in [9.17, 15) is 13.2 Å². The number of carbonyl (C=O) groups is 1. The van der Waals surface area contributed by atoms with Crippen LogP contribution in [0.5, 0.6) is 0 Å². The van der Waals surface area contributed by atoms with Gasteiger partial charge in [-0.1, -0.05) is 35.9 Å². The van der Waals surface area contributed by atoms with Crippen molar-refractivity contribution in [1.29, 1.82) is 0 Å². The van der Waals surface area contributed by atoms with Crippen LogP contribution >= 0.6 is 34.2 Å². The molecule has 0 spiro atoms. The number of sulfonamides is 1. The number of rotatable bonds is 6. The molecule has 3 rings (SSSR count). The molecular formula is C21H18ClIN2O3S. The molecule has 0 bridgehead atoms. The van der Waals surface area contributed by atoms with Crippen molar-refractivity contribution in [3.8, 4) is 0 Å². The van der Waals surface area contributed by atoms with Gasteiger partial charge in [0.2, 0.25) is 5.91 Å². The highest BCUT2D eigenvalue weighted by molar-refractivity contribution is 14.1. The second kappa shape index (κ2) is 9.15. The molecule has 3 aromatic rings. The van der Waals surface area contributed by atoms with Crippen molar-refractivity contribution in [2.75, 3.05) is 16.2 Å². The molecule has 8 heteroatoms. The Morgan fingerprint density at radius 1 is 1.00 bits per heavy atom.